The highest BCUT2D eigenvalue weighted by Gasteiger charge is 2.56. The predicted molar refractivity (Wildman–Crippen MR) is 193 cm³/mol. The van der Waals surface area contributed by atoms with Crippen molar-refractivity contribution in [2.75, 3.05) is 43.1 Å². The van der Waals surface area contributed by atoms with E-state index in [1.165, 1.54) is 31.7 Å². The number of aryl methyl sites for hydroxylation is 1. The lowest BCUT2D eigenvalue weighted by Gasteiger charge is -2.48. The van der Waals surface area contributed by atoms with Gasteiger partial charge in [0.05, 0.1) is 41.5 Å². The molecule has 0 atom stereocenters. The Morgan fingerprint density at radius 2 is 1.84 bits per heavy atom. The molecule has 2 amide bonds. The van der Waals surface area contributed by atoms with Crippen LogP contribution in [0.2, 0.25) is 0 Å². The maximum absolute atomic E-state index is 14.8. The first-order chi connectivity index (χ1) is 24.8. The Labute approximate surface area is 296 Å². The van der Waals surface area contributed by atoms with Gasteiger partial charge in [0.2, 0.25) is 11.8 Å². The molecule has 1 aliphatic carbocycles. The van der Waals surface area contributed by atoms with Crippen LogP contribution in [-0.4, -0.2) is 86.1 Å². The number of hydrogen-bond acceptors (Lipinski definition) is 7. The number of piperidine rings is 2. The lowest BCUT2D eigenvalue weighted by atomic mass is 9.73. The number of aromatic nitrogens is 4. The van der Waals surface area contributed by atoms with Gasteiger partial charge in [-0.1, -0.05) is 25.1 Å². The van der Waals surface area contributed by atoms with E-state index in [9.17, 15) is 18.4 Å². The minimum absolute atomic E-state index is 0.0197. The van der Waals surface area contributed by atoms with E-state index in [2.05, 4.69) is 43.8 Å². The summed E-state index contributed by atoms with van der Waals surface area (Å²) in [6, 6.07) is 10.2. The Balaban J connectivity index is 1.16. The van der Waals surface area contributed by atoms with Gasteiger partial charge < -0.3 is 24.6 Å². The highest BCUT2D eigenvalue weighted by atomic mass is 19.1. The van der Waals surface area contributed by atoms with Crippen molar-refractivity contribution in [2.45, 2.75) is 82.3 Å². The summed E-state index contributed by atoms with van der Waals surface area (Å²) in [7, 11) is 0. The van der Waals surface area contributed by atoms with Crippen LogP contribution in [0.1, 0.15) is 63.9 Å². The van der Waals surface area contributed by atoms with Crippen molar-refractivity contribution in [1.29, 1.82) is 0 Å². The van der Waals surface area contributed by atoms with E-state index in [0.717, 1.165) is 53.8 Å². The van der Waals surface area contributed by atoms with Gasteiger partial charge in [-0.05, 0) is 82.3 Å². The second-order valence-electron chi connectivity index (χ2n) is 14.4. The van der Waals surface area contributed by atoms with Crippen molar-refractivity contribution in [2.24, 2.45) is 0 Å². The zero-order valence-corrected chi connectivity index (χ0v) is 29.1. The van der Waals surface area contributed by atoms with Crippen molar-refractivity contribution in [3.8, 4) is 11.3 Å². The third-order valence-corrected chi connectivity index (χ3v) is 11.6. The maximum atomic E-state index is 14.8. The number of nitrogens with zero attached hydrogens (tertiary/aromatic N) is 7. The van der Waals surface area contributed by atoms with Gasteiger partial charge in [0.25, 0.3) is 0 Å². The van der Waals surface area contributed by atoms with Crippen LogP contribution >= 0.6 is 0 Å². The monoisotopic (exact) mass is 694 g/mol. The molecule has 1 spiro atoms. The number of imidazole rings is 1. The first-order valence-electron chi connectivity index (χ1n) is 18.3. The molecular weight excluding hydrogens is 650 g/mol. The minimum atomic E-state index is -0.745. The maximum Gasteiger partial charge on any atom is 0.249 e. The molecule has 3 fully saturated rings. The Kier molecular flexibility index (Phi) is 8.81. The van der Waals surface area contributed by atoms with Gasteiger partial charge in [-0.2, -0.15) is 0 Å². The fourth-order valence-electron chi connectivity index (χ4n) is 8.66. The smallest absolute Gasteiger partial charge is 0.249 e. The van der Waals surface area contributed by atoms with Crippen LogP contribution in [0.4, 0.5) is 26.0 Å². The standard InChI is InChI=1S/C39H44F2N8O2/c1-3-46-24-43-33-22-32(45-36(35(33)46)44-31-10-14-42-23-30(31)41)26-7-8-29-34(19-26)49(28-20-27(21-28)47-15-5-4-6-16-47)38(51)39(29)11-17-48(18-12-39)37(50)25(2)9-13-40/h7-8,10,14,19,22-24,27-28H,2-6,9,11-13,15-18,20-21H2,1H3,(H,42,44,45). The summed E-state index contributed by atoms with van der Waals surface area (Å²) in [5.74, 6) is -0.134. The fourth-order valence-corrected chi connectivity index (χ4v) is 8.66. The molecule has 1 N–H and O–H groups in total. The van der Waals surface area contributed by atoms with Gasteiger partial charge in [0.15, 0.2) is 11.6 Å². The third-order valence-electron chi connectivity index (χ3n) is 11.6. The summed E-state index contributed by atoms with van der Waals surface area (Å²) in [6.07, 6.45) is 11.1. The molecule has 0 unspecified atom stereocenters. The van der Waals surface area contributed by atoms with Crippen LogP contribution in [0.5, 0.6) is 0 Å². The van der Waals surface area contributed by atoms with E-state index < -0.39 is 17.9 Å². The molecule has 51 heavy (non-hydrogen) atoms. The molecule has 10 nitrogen and oxygen atoms in total. The number of alkyl halides is 1. The second-order valence-corrected chi connectivity index (χ2v) is 14.4. The van der Waals surface area contributed by atoms with Crippen LogP contribution in [0.25, 0.3) is 22.3 Å². The number of pyridine rings is 2. The predicted octanol–water partition coefficient (Wildman–Crippen LogP) is 6.54. The number of halogens is 2. The molecule has 8 rings (SSSR count). The lowest BCUT2D eigenvalue weighted by molar-refractivity contribution is -0.133. The Morgan fingerprint density at radius 1 is 1.06 bits per heavy atom. The molecule has 3 aromatic heterocycles. The Hall–Kier alpha value is -4.71. The second kappa shape index (κ2) is 13.4. The molecule has 6 heterocycles. The number of nitrogens with one attached hydrogen (secondary N) is 1. The first-order valence-corrected chi connectivity index (χ1v) is 18.3. The van der Waals surface area contributed by atoms with Crippen molar-refractivity contribution in [1.82, 2.24) is 29.3 Å². The number of carbonyl (C=O) groups is 2. The number of carbonyl (C=O) groups excluding carboxylic acids is 2. The van der Waals surface area contributed by atoms with Crippen molar-refractivity contribution in [3.63, 3.8) is 0 Å². The quantitative estimate of drug-likeness (QED) is 0.199. The number of amides is 2. The van der Waals surface area contributed by atoms with Gasteiger partial charge in [0.1, 0.15) is 5.52 Å². The van der Waals surface area contributed by atoms with Gasteiger partial charge in [-0.15, -0.1) is 0 Å². The van der Waals surface area contributed by atoms with Crippen molar-refractivity contribution in [3.05, 3.63) is 72.6 Å². The molecule has 4 aliphatic rings. The van der Waals surface area contributed by atoms with Crippen LogP contribution in [0.15, 0.2) is 61.2 Å². The lowest BCUT2D eigenvalue weighted by Crippen LogP contribution is -2.58. The third kappa shape index (κ3) is 5.77. The summed E-state index contributed by atoms with van der Waals surface area (Å²) in [5, 5.41) is 3.19. The largest absolute Gasteiger partial charge is 0.339 e. The van der Waals surface area contributed by atoms with E-state index in [0.29, 0.717) is 50.0 Å². The molecule has 266 valence electrons. The van der Waals surface area contributed by atoms with E-state index in [1.807, 2.05) is 23.6 Å². The minimum Gasteiger partial charge on any atom is -0.339 e. The zero-order chi connectivity index (χ0) is 35.3. The summed E-state index contributed by atoms with van der Waals surface area (Å²) in [6.45, 7) is 8.93. The summed E-state index contributed by atoms with van der Waals surface area (Å²) < 4.78 is 29.7. The van der Waals surface area contributed by atoms with Crippen molar-refractivity contribution >= 4 is 40.0 Å². The topological polar surface area (TPSA) is 99.5 Å². The van der Waals surface area contributed by atoms with Gasteiger partial charge in [0, 0.05) is 61.2 Å². The zero-order valence-electron chi connectivity index (χ0n) is 29.1. The van der Waals surface area contributed by atoms with Crippen molar-refractivity contribution < 1.29 is 18.4 Å². The van der Waals surface area contributed by atoms with Crippen LogP contribution in [0, 0.1) is 5.82 Å². The SMILES string of the molecule is C=C(CCF)C(=O)N1CCC2(CC1)C(=O)N(C1CC(N3CCCCC3)C1)c1cc(-c3cc4ncn(CC)c4c(Nc4ccncc4F)n3)ccc12. The number of likely N-dealkylation sites (tertiary alicyclic amines) is 2. The van der Waals surface area contributed by atoms with E-state index in [1.54, 1.807) is 17.3 Å². The van der Waals surface area contributed by atoms with Crippen LogP contribution in [-0.2, 0) is 21.5 Å². The molecule has 4 aromatic rings. The number of fused-ring (bicyclic) bond motifs is 3. The van der Waals surface area contributed by atoms with Gasteiger partial charge in [-0.25, -0.2) is 14.4 Å². The number of benzene rings is 1. The Morgan fingerprint density at radius 3 is 2.57 bits per heavy atom. The number of rotatable bonds is 9. The molecular formula is C39H44F2N8O2. The number of hydrogen-bond donors (Lipinski definition) is 1. The Bertz CT molecular complexity index is 1990. The normalized spacial score (nSPS) is 21.6. The summed E-state index contributed by atoms with van der Waals surface area (Å²) in [5.41, 5.74) is 4.65. The van der Waals surface area contributed by atoms with Gasteiger partial charge >= 0.3 is 0 Å². The van der Waals surface area contributed by atoms with Crippen LogP contribution < -0.4 is 10.2 Å². The van der Waals surface area contributed by atoms with E-state index >= 15 is 0 Å². The fraction of sp³-hybridized carbons (Fsp3) is 0.462. The number of anilines is 3. The average Bonchev–Trinajstić information content (AvgIpc) is 3.66. The average molecular weight is 695 g/mol. The van der Waals surface area contributed by atoms with E-state index in [-0.39, 0.29) is 35.5 Å². The van der Waals surface area contributed by atoms with Crippen LogP contribution in [0.3, 0.4) is 0 Å². The summed E-state index contributed by atoms with van der Waals surface area (Å²) in [4.78, 5) is 47.7. The highest BCUT2D eigenvalue weighted by molar-refractivity contribution is 6.09. The first kappa shape index (κ1) is 33.4. The molecule has 0 radical (unpaired) electrons. The van der Waals surface area contributed by atoms with E-state index in [4.69, 9.17) is 4.98 Å². The molecule has 2 saturated heterocycles. The molecule has 12 heteroatoms. The molecule has 1 aromatic carbocycles. The van der Waals surface area contributed by atoms with Gasteiger partial charge in [-0.3, -0.25) is 19.0 Å². The molecule has 0 bridgehead atoms. The molecule has 3 aliphatic heterocycles. The summed E-state index contributed by atoms with van der Waals surface area (Å²) >= 11 is 0. The highest BCUT2D eigenvalue weighted by Crippen LogP contribution is 2.52. The molecule has 1 saturated carbocycles.